The number of para-hydroxylation sites is 1. The minimum absolute atomic E-state index is 0.0118. The quantitative estimate of drug-likeness (QED) is 0.488. The lowest BCUT2D eigenvalue weighted by atomic mass is 10.1. The molecule has 3 aromatic rings. The van der Waals surface area contributed by atoms with E-state index in [1.807, 2.05) is 85.8 Å². The van der Waals surface area contributed by atoms with Crippen molar-refractivity contribution in [1.29, 1.82) is 0 Å². The van der Waals surface area contributed by atoms with Gasteiger partial charge in [-0.05, 0) is 58.2 Å². The summed E-state index contributed by atoms with van der Waals surface area (Å²) in [5.74, 6) is -0.463. The molecular weight excluding hydrogens is 430 g/mol. The molecule has 29 heavy (non-hydrogen) atoms. The second-order valence-corrected chi connectivity index (χ2v) is 7.47. The molecule has 0 bridgehead atoms. The maximum Gasteiger partial charge on any atom is 0.246 e. The van der Waals surface area contributed by atoms with E-state index in [9.17, 15) is 9.59 Å². The zero-order valence-corrected chi connectivity index (χ0v) is 17.6. The van der Waals surface area contributed by atoms with Crippen molar-refractivity contribution in [2.45, 2.75) is 13.0 Å². The molecule has 0 aliphatic heterocycles. The lowest BCUT2D eigenvalue weighted by molar-refractivity contribution is -0.119. The Balaban J connectivity index is 1.68. The van der Waals surface area contributed by atoms with Crippen LogP contribution in [0.4, 0.5) is 11.4 Å². The van der Waals surface area contributed by atoms with Crippen molar-refractivity contribution in [2.24, 2.45) is 0 Å². The lowest BCUT2D eigenvalue weighted by Gasteiger charge is -2.19. The molecule has 0 radical (unpaired) electrons. The molecule has 0 saturated carbocycles. The van der Waals surface area contributed by atoms with Gasteiger partial charge in [0.1, 0.15) is 6.04 Å². The smallest absolute Gasteiger partial charge is 0.246 e. The third-order valence-corrected chi connectivity index (χ3v) is 4.96. The van der Waals surface area contributed by atoms with Crippen LogP contribution in [0.15, 0.2) is 83.3 Å². The van der Waals surface area contributed by atoms with Gasteiger partial charge in [0.25, 0.3) is 0 Å². The molecule has 0 saturated heterocycles. The van der Waals surface area contributed by atoms with Crippen LogP contribution < -0.4 is 16.0 Å². The summed E-state index contributed by atoms with van der Waals surface area (Å²) in [5.41, 5.74) is 3.26. The number of aryl methyl sites for hydroxylation is 1. The highest BCUT2D eigenvalue weighted by molar-refractivity contribution is 9.10. The van der Waals surface area contributed by atoms with Gasteiger partial charge in [0.15, 0.2) is 0 Å². The molecule has 0 fully saturated rings. The van der Waals surface area contributed by atoms with E-state index in [-0.39, 0.29) is 18.4 Å². The normalized spacial score (nSPS) is 11.5. The van der Waals surface area contributed by atoms with E-state index in [4.69, 9.17) is 0 Å². The van der Waals surface area contributed by atoms with Gasteiger partial charge in [-0.15, -0.1) is 0 Å². The largest absolute Gasteiger partial charge is 0.324 e. The van der Waals surface area contributed by atoms with E-state index in [0.29, 0.717) is 11.4 Å². The number of nitrogens with one attached hydrogen (secondary N) is 3. The van der Waals surface area contributed by atoms with Crippen molar-refractivity contribution < 1.29 is 9.59 Å². The number of halogens is 1. The van der Waals surface area contributed by atoms with Gasteiger partial charge in [0.05, 0.1) is 12.2 Å². The molecule has 148 valence electrons. The molecule has 6 heteroatoms. The zero-order valence-electron chi connectivity index (χ0n) is 16.0. The molecule has 3 N–H and O–H groups in total. The van der Waals surface area contributed by atoms with Crippen LogP contribution in [0.3, 0.4) is 0 Å². The number of anilines is 2. The summed E-state index contributed by atoms with van der Waals surface area (Å²) in [6, 6.07) is 23.6. The van der Waals surface area contributed by atoms with E-state index in [1.165, 1.54) is 0 Å². The number of rotatable bonds is 7. The Morgan fingerprint density at radius 2 is 1.55 bits per heavy atom. The molecule has 0 aliphatic rings. The summed E-state index contributed by atoms with van der Waals surface area (Å²) in [7, 11) is 0. The van der Waals surface area contributed by atoms with Crippen molar-refractivity contribution in [2.75, 3.05) is 17.2 Å². The van der Waals surface area contributed by atoms with Crippen LogP contribution in [-0.2, 0) is 9.59 Å². The fourth-order valence-electron chi connectivity index (χ4n) is 2.85. The molecule has 2 amide bonds. The van der Waals surface area contributed by atoms with Crippen LogP contribution in [0.5, 0.6) is 0 Å². The Morgan fingerprint density at radius 3 is 2.21 bits per heavy atom. The minimum atomic E-state index is -0.663. The van der Waals surface area contributed by atoms with Gasteiger partial charge in [-0.1, -0.05) is 54.6 Å². The highest BCUT2D eigenvalue weighted by Gasteiger charge is 2.21. The maximum atomic E-state index is 12.9. The van der Waals surface area contributed by atoms with E-state index in [0.717, 1.165) is 15.6 Å². The highest BCUT2D eigenvalue weighted by atomic mass is 79.9. The molecule has 0 aromatic heterocycles. The first-order valence-corrected chi connectivity index (χ1v) is 10.0. The third-order valence-electron chi connectivity index (χ3n) is 4.30. The average Bonchev–Trinajstić information content (AvgIpc) is 2.72. The topological polar surface area (TPSA) is 70.2 Å². The minimum Gasteiger partial charge on any atom is -0.324 e. The van der Waals surface area contributed by atoms with E-state index < -0.39 is 6.04 Å². The van der Waals surface area contributed by atoms with Crippen molar-refractivity contribution in [3.05, 3.63) is 94.5 Å². The van der Waals surface area contributed by atoms with Crippen molar-refractivity contribution >= 4 is 39.1 Å². The summed E-state index contributed by atoms with van der Waals surface area (Å²) >= 11 is 3.45. The van der Waals surface area contributed by atoms with Gasteiger partial charge in [-0.3, -0.25) is 14.9 Å². The van der Waals surface area contributed by atoms with Crippen LogP contribution in [0, 0.1) is 6.92 Å². The molecule has 3 aromatic carbocycles. The second-order valence-electron chi connectivity index (χ2n) is 6.61. The number of hydrogen-bond donors (Lipinski definition) is 3. The lowest BCUT2D eigenvalue weighted by Crippen LogP contribution is -2.37. The fraction of sp³-hybridized carbons (Fsp3) is 0.130. The maximum absolute atomic E-state index is 12.9. The highest BCUT2D eigenvalue weighted by Crippen LogP contribution is 2.23. The average molecular weight is 452 g/mol. The number of hydrogen-bond acceptors (Lipinski definition) is 3. The Morgan fingerprint density at radius 1 is 0.897 bits per heavy atom. The third kappa shape index (κ3) is 6.01. The van der Waals surface area contributed by atoms with Crippen LogP contribution in [0.25, 0.3) is 0 Å². The Kier molecular flexibility index (Phi) is 7.16. The van der Waals surface area contributed by atoms with Gasteiger partial charge < -0.3 is 10.6 Å². The van der Waals surface area contributed by atoms with Crippen molar-refractivity contribution in [3.63, 3.8) is 0 Å². The van der Waals surface area contributed by atoms with E-state index in [2.05, 4.69) is 31.9 Å². The molecule has 0 aliphatic carbocycles. The first-order chi connectivity index (χ1) is 14.0. The second kappa shape index (κ2) is 10.0. The van der Waals surface area contributed by atoms with Crippen LogP contribution in [0.2, 0.25) is 0 Å². The van der Waals surface area contributed by atoms with Gasteiger partial charge >= 0.3 is 0 Å². The molecule has 3 rings (SSSR count). The molecule has 1 atom stereocenters. The van der Waals surface area contributed by atoms with Crippen LogP contribution in [-0.4, -0.2) is 18.4 Å². The Bertz CT molecular complexity index is 978. The van der Waals surface area contributed by atoms with Crippen LogP contribution >= 0.6 is 15.9 Å². The van der Waals surface area contributed by atoms with Crippen molar-refractivity contribution in [3.8, 4) is 0 Å². The van der Waals surface area contributed by atoms with Gasteiger partial charge in [0.2, 0.25) is 11.8 Å². The zero-order chi connectivity index (χ0) is 20.6. The first-order valence-electron chi connectivity index (χ1n) is 9.23. The fourth-order valence-corrected chi connectivity index (χ4v) is 3.45. The van der Waals surface area contributed by atoms with Crippen LogP contribution in [0.1, 0.15) is 17.2 Å². The molecule has 0 spiro atoms. The monoisotopic (exact) mass is 451 g/mol. The predicted octanol–water partition coefficient (Wildman–Crippen LogP) is 4.67. The molecule has 0 heterocycles. The van der Waals surface area contributed by atoms with Crippen molar-refractivity contribution in [1.82, 2.24) is 5.32 Å². The molecular formula is C23H22BrN3O2. The Hall–Kier alpha value is -2.96. The number of carbonyl (C=O) groups is 2. The van der Waals surface area contributed by atoms with Gasteiger partial charge in [0, 0.05) is 10.2 Å². The van der Waals surface area contributed by atoms with E-state index in [1.54, 1.807) is 0 Å². The van der Waals surface area contributed by atoms with Gasteiger partial charge in [-0.25, -0.2) is 0 Å². The summed E-state index contributed by atoms with van der Waals surface area (Å²) in [5, 5.41) is 8.81. The molecule has 1 unspecified atom stereocenters. The summed E-state index contributed by atoms with van der Waals surface area (Å²) in [6.07, 6.45) is 0. The number of benzene rings is 3. The SMILES string of the molecule is Cc1ccc(NC(=O)CNC(C(=O)Nc2ccccc2)c2ccccc2)c(Br)c1. The summed E-state index contributed by atoms with van der Waals surface area (Å²) in [4.78, 5) is 25.3. The summed E-state index contributed by atoms with van der Waals surface area (Å²) in [6.45, 7) is 1.97. The first kappa shape index (κ1) is 20.8. The number of amides is 2. The predicted molar refractivity (Wildman–Crippen MR) is 120 cm³/mol. The van der Waals surface area contributed by atoms with Gasteiger partial charge in [-0.2, -0.15) is 0 Å². The number of carbonyl (C=O) groups excluding carboxylic acids is 2. The Labute approximate surface area is 178 Å². The molecule has 5 nitrogen and oxygen atoms in total. The summed E-state index contributed by atoms with van der Waals surface area (Å²) < 4.78 is 0.812. The van der Waals surface area contributed by atoms with E-state index >= 15 is 0 Å². The standard InChI is InChI=1S/C23H22BrN3O2/c1-16-12-13-20(19(24)14-16)27-21(28)15-25-22(17-8-4-2-5-9-17)23(29)26-18-10-6-3-7-11-18/h2-14,22,25H,15H2,1H3,(H,26,29)(H,27,28).